The largest absolute Gasteiger partial charge is 0.344 e. The van der Waals surface area contributed by atoms with Crippen LogP contribution in [0, 0.1) is 0 Å². The van der Waals surface area contributed by atoms with Crippen LogP contribution in [0.15, 0.2) is 24.3 Å². The Labute approximate surface area is 137 Å². The summed E-state index contributed by atoms with van der Waals surface area (Å²) in [6, 6.07) is 8.32. The number of benzene rings is 1. The maximum Gasteiger partial charge on any atom is 0.245 e. The van der Waals surface area contributed by atoms with Crippen molar-refractivity contribution in [1.82, 2.24) is 10.2 Å². The van der Waals surface area contributed by atoms with Crippen LogP contribution < -0.4 is 5.32 Å². The molecule has 1 saturated heterocycles. The lowest BCUT2D eigenvalue weighted by Gasteiger charge is -2.47. The summed E-state index contributed by atoms with van der Waals surface area (Å²) in [7, 11) is 0. The molecule has 3 aliphatic rings. The Morgan fingerprint density at radius 3 is 2.70 bits per heavy atom. The molecule has 1 aromatic carbocycles. The highest BCUT2D eigenvalue weighted by molar-refractivity contribution is 5.91. The summed E-state index contributed by atoms with van der Waals surface area (Å²) in [6.07, 6.45) is 7.26. The maximum atomic E-state index is 12.9. The first-order valence-electron chi connectivity index (χ1n) is 8.85. The van der Waals surface area contributed by atoms with Gasteiger partial charge in [-0.1, -0.05) is 43.5 Å². The van der Waals surface area contributed by atoms with Gasteiger partial charge in [0.1, 0.15) is 6.04 Å². The Morgan fingerprint density at radius 1 is 1.17 bits per heavy atom. The molecular weight excluding hydrogens is 288 g/mol. The van der Waals surface area contributed by atoms with Crippen LogP contribution in [-0.4, -0.2) is 29.3 Å². The van der Waals surface area contributed by atoms with Crippen LogP contribution in [0.4, 0.5) is 0 Å². The van der Waals surface area contributed by atoms with E-state index in [1.54, 1.807) is 0 Å². The number of carbonyl (C=O) groups is 2. The Hall–Kier alpha value is -1.84. The van der Waals surface area contributed by atoms with Gasteiger partial charge in [0, 0.05) is 24.9 Å². The molecule has 1 aromatic rings. The van der Waals surface area contributed by atoms with Gasteiger partial charge in [0.25, 0.3) is 0 Å². The second-order valence-corrected chi connectivity index (χ2v) is 7.35. The SMILES string of the molecule is O=C1CCC(C(=O)N2Cc3ccccc3C3(CCCCC3)C2)N1. The number of hydrogen-bond donors (Lipinski definition) is 1. The van der Waals surface area contributed by atoms with Gasteiger partial charge in [-0.2, -0.15) is 0 Å². The Balaban J connectivity index is 1.64. The van der Waals surface area contributed by atoms with E-state index in [1.165, 1.54) is 43.2 Å². The number of hydrogen-bond acceptors (Lipinski definition) is 2. The summed E-state index contributed by atoms with van der Waals surface area (Å²) in [5.74, 6) is 0.114. The molecule has 1 unspecified atom stereocenters. The van der Waals surface area contributed by atoms with Crippen LogP contribution in [0.25, 0.3) is 0 Å². The standard InChI is InChI=1S/C19H24N2O2/c22-17-9-8-16(20-17)18(23)21-12-14-6-2-3-7-15(14)19(13-21)10-4-1-5-11-19/h2-3,6-7,16H,1,4-5,8-13H2,(H,20,22). The van der Waals surface area contributed by atoms with Crippen LogP contribution in [0.2, 0.25) is 0 Å². The summed E-state index contributed by atoms with van der Waals surface area (Å²) in [4.78, 5) is 26.3. The van der Waals surface area contributed by atoms with Crippen molar-refractivity contribution in [2.24, 2.45) is 0 Å². The quantitative estimate of drug-likeness (QED) is 0.866. The van der Waals surface area contributed by atoms with E-state index < -0.39 is 0 Å². The molecule has 0 bridgehead atoms. The highest BCUT2D eigenvalue weighted by atomic mass is 16.2. The van der Waals surface area contributed by atoms with Crippen molar-refractivity contribution >= 4 is 11.8 Å². The van der Waals surface area contributed by atoms with Crippen molar-refractivity contribution in [3.63, 3.8) is 0 Å². The molecule has 122 valence electrons. The van der Waals surface area contributed by atoms with E-state index >= 15 is 0 Å². The lowest BCUT2D eigenvalue weighted by molar-refractivity contribution is -0.136. The third-order valence-corrected chi connectivity index (χ3v) is 5.86. The van der Waals surface area contributed by atoms with E-state index in [-0.39, 0.29) is 23.3 Å². The third-order valence-electron chi connectivity index (χ3n) is 5.86. The van der Waals surface area contributed by atoms with Crippen molar-refractivity contribution < 1.29 is 9.59 Å². The molecule has 1 saturated carbocycles. The van der Waals surface area contributed by atoms with Gasteiger partial charge < -0.3 is 10.2 Å². The van der Waals surface area contributed by atoms with Crippen LogP contribution >= 0.6 is 0 Å². The molecule has 4 nitrogen and oxygen atoms in total. The number of fused-ring (bicyclic) bond motifs is 2. The molecule has 1 N–H and O–H groups in total. The molecule has 2 fully saturated rings. The average Bonchev–Trinajstić information content (AvgIpc) is 3.01. The van der Waals surface area contributed by atoms with Crippen molar-refractivity contribution in [3.8, 4) is 0 Å². The molecule has 0 radical (unpaired) electrons. The van der Waals surface area contributed by atoms with Gasteiger partial charge in [-0.15, -0.1) is 0 Å². The molecule has 1 spiro atoms. The number of nitrogens with zero attached hydrogens (tertiary/aromatic N) is 1. The number of nitrogens with one attached hydrogen (secondary N) is 1. The number of amides is 2. The predicted molar refractivity (Wildman–Crippen MR) is 87.8 cm³/mol. The zero-order chi connectivity index (χ0) is 15.9. The van der Waals surface area contributed by atoms with Gasteiger partial charge in [-0.25, -0.2) is 0 Å². The first-order chi connectivity index (χ1) is 11.2. The van der Waals surface area contributed by atoms with Gasteiger partial charge in [0.15, 0.2) is 0 Å². The summed E-state index contributed by atoms with van der Waals surface area (Å²) in [6.45, 7) is 1.50. The third kappa shape index (κ3) is 2.54. The molecule has 1 atom stereocenters. The summed E-state index contributed by atoms with van der Waals surface area (Å²) in [5, 5.41) is 2.84. The molecule has 1 aliphatic carbocycles. The van der Waals surface area contributed by atoms with Crippen molar-refractivity contribution in [3.05, 3.63) is 35.4 Å². The topological polar surface area (TPSA) is 49.4 Å². The summed E-state index contributed by atoms with van der Waals surface area (Å²) >= 11 is 0. The second kappa shape index (κ2) is 5.66. The summed E-state index contributed by atoms with van der Waals surface area (Å²) in [5.41, 5.74) is 2.88. The minimum Gasteiger partial charge on any atom is -0.344 e. The fourth-order valence-corrected chi connectivity index (χ4v) is 4.72. The molecule has 0 aromatic heterocycles. The Bertz CT molecular complexity index is 634. The van der Waals surface area contributed by atoms with E-state index in [0.29, 0.717) is 19.4 Å². The highest BCUT2D eigenvalue weighted by Gasteiger charge is 2.43. The highest BCUT2D eigenvalue weighted by Crippen LogP contribution is 2.44. The zero-order valence-electron chi connectivity index (χ0n) is 13.5. The van der Waals surface area contributed by atoms with Gasteiger partial charge in [0.05, 0.1) is 0 Å². The van der Waals surface area contributed by atoms with Crippen molar-refractivity contribution in [1.29, 1.82) is 0 Å². The van der Waals surface area contributed by atoms with Crippen molar-refractivity contribution in [2.75, 3.05) is 6.54 Å². The average molecular weight is 312 g/mol. The van der Waals surface area contributed by atoms with Crippen LogP contribution in [0.3, 0.4) is 0 Å². The molecule has 4 rings (SSSR count). The van der Waals surface area contributed by atoms with Crippen LogP contribution in [0.1, 0.15) is 56.1 Å². The fourth-order valence-electron chi connectivity index (χ4n) is 4.72. The Kier molecular flexibility index (Phi) is 3.63. The van der Waals surface area contributed by atoms with Crippen LogP contribution in [0.5, 0.6) is 0 Å². The second-order valence-electron chi connectivity index (χ2n) is 7.35. The van der Waals surface area contributed by atoms with E-state index in [4.69, 9.17) is 0 Å². The minimum absolute atomic E-state index is 0.00754. The minimum atomic E-state index is -0.312. The Morgan fingerprint density at radius 2 is 1.96 bits per heavy atom. The van der Waals surface area contributed by atoms with Gasteiger partial charge in [0.2, 0.25) is 11.8 Å². The number of carbonyl (C=O) groups excluding carboxylic acids is 2. The lowest BCUT2D eigenvalue weighted by Crippen LogP contribution is -2.53. The maximum absolute atomic E-state index is 12.9. The molecular formula is C19H24N2O2. The zero-order valence-corrected chi connectivity index (χ0v) is 13.5. The first kappa shape index (κ1) is 14.7. The predicted octanol–water partition coefficient (Wildman–Crippen LogP) is 2.51. The monoisotopic (exact) mass is 312 g/mol. The van der Waals surface area contributed by atoms with Crippen molar-refractivity contribution in [2.45, 2.75) is 62.9 Å². The molecule has 2 aliphatic heterocycles. The molecule has 2 amide bonds. The first-order valence-corrected chi connectivity index (χ1v) is 8.85. The molecule has 23 heavy (non-hydrogen) atoms. The number of rotatable bonds is 1. The van der Waals surface area contributed by atoms with Gasteiger partial charge >= 0.3 is 0 Å². The molecule has 4 heteroatoms. The lowest BCUT2D eigenvalue weighted by atomic mass is 9.66. The smallest absolute Gasteiger partial charge is 0.245 e. The summed E-state index contributed by atoms with van der Waals surface area (Å²) < 4.78 is 0. The molecule has 2 heterocycles. The van der Waals surface area contributed by atoms with E-state index in [9.17, 15) is 9.59 Å². The van der Waals surface area contributed by atoms with Gasteiger partial charge in [-0.3, -0.25) is 9.59 Å². The van der Waals surface area contributed by atoms with E-state index in [2.05, 4.69) is 29.6 Å². The van der Waals surface area contributed by atoms with Crippen LogP contribution in [-0.2, 0) is 21.5 Å². The van der Waals surface area contributed by atoms with Gasteiger partial charge in [-0.05, 0) is 30.4 Å². The van der Waals surface area contributed by atoms with E-state index in [0.717, 1.165) is 6.54 Å². The fraction of sp³-hybridized carbons (Fsp3) is 0.579. The normalized spacial score (nSPS) is 26.0. The van der Waals surface area contributed by atoms with E-state index in [1.807, 2.05) is 4.90 Å².